The lowest BCUT2D eigenvalue weighted by atomic mass is 9.87. The number of hydrogen-bond acceptors (Lipinski definition) is 2. The van der Waals surface area contributed by atoms with E-state index in [0.717, 1.165) is 25.9 Å². The van der Waals surface area contributed by atoms with Crippen LogP contribution in [0, 0.1) is 11.8 Å². The second-order valence-corrected chi connectivity index (χ2v) is 4.65. The molecule has 1 unspecified atom stereocenters. The van der Waals surface area contributed by atoms with E-state index in [4.69, 9.17) is 4.74 Å². The van der Waals surface area contributed by atoms with E-state index in [9.17, 15) is 4.79 Å². The summed E-state index contributed by atoms with van der Waals surface area (Å²) in [5.74, 6) is 1.10. The highest BCUT2D eigenvalue weighted by molar-refractivity contribution is 5.83. The zero-order chi connectivity index (χ0) is 9.80. The first-order valence-corrected chi connectivity index (χ1v) is 5.99. The van der Waals surface area contributed by atoms with Crippen LogP contribution in [0.4, 0.5) is 0 Å². The highest BCUT2D eigenvalue weighted by atomic mass is 16.5. The zero-order valence-electron chi connectivity index (χ0n) is 8.84. The molecule has 0 N–H and O–H groups in total. The van der Waals surface area contributed by atoms with E-state index in [0.29, 0.717) is 18.3 Å². The molecule has 0 aromatic rings. The van der Waals surface area contributed by atoms with Gasteiger partial charge in [0.1, 0.15) is 5.78 Å². The molecule has 2 rings (SSSR count). The van der Waals surface area contributed by atoms with Crippen LogP contribution in [-0.4, -0.2) is 19.0 Å². The normalized spacial score (nSPS) is 30.1. The fraction of sp³-hybridized carbons (Fsp3) is 0.917. The van der Waals surface area contributed by atoms with Crippen molar-refractivity contribution in [1.29, 1.82) is 0 Å². The molecule has 1 heterocycles. The summed E-state index contributed by atoms with van der Waals surface area (Å²) >= 11 is 0. The van der Waals surface area contributed by atoms with E-state index >= 15 is 0 Å². The molecule has 2 nitrogen and oxygen atoms in total. The largest absolute Gasteiger partial charge is 0.381 e. The van der Waals surface area contributed by atoms with E-state index in [1.165, 1.54) is 25.7 Å². The number of carbonyl (C=O) groups is 1. The van der Waals surface area contributed by atoms with Crippen molar-refractivity contribution in [2.75, 3.05) is 13.2 Å². The third-order valence-electron chi connectivity index (χ3n) is 3.59. The van der Waals surface area contributed by atoms with Crippen molar-refractivity contribution in [3.8, 4) is 0 Å². The highest BCUT2D eigenvalue weighted by Gasteiger charge is 2.29. The zero-order valence-corrected chi connectivity index (χ0v) is 8.84. The van der Waals surface area contributed by atoms with Crippen molar-refractivity contribution in [3.63, 3.8) is 0 Å². The maximum absolute atomic E-state index is 12.1. The predicted octanol–water partition coefficient (Wildman–Crippen LogP) is 2.56. The van der Waals surface area contributed by atoms with Crippen LogP contribution in [0.3, 0.4) is 0 Å². The van der Waals surface area contributed by atoms with Crippen LogP contribution in [-0.2, 0) is 9.53 Å². The second kappa shape index (κ2) is 4.92. The molecule has 80 valence electrons. The SMILES string of the molecule is O=C(C1CCCCCC1)C1CCOC1. The van der Waals surface area contributed by atoms with Gasteiger partial charge in [0.15, 0.2) is 0 Å². The fourth-order valence-electron chi connectivity index (χ4n) is 2.66. The third-order valence-corrected chi connectivity index (χ3v) is 3.59. The molecule has 2 aliphatic rings. The minimum Gasteiger partial charge on any atom is -0.381 e. The number of ketones is 1. The average Bonchev–Trinajstić information content (AvgIpc) is 2.59. The molecule has 2 fully saturated rings. The van der Waals surface area contributed by atoms with Gasteiger partial charge in [0.2, 0.25) is 0 Å². The second-order valence-electron chi connectivity index (χ2n) is 4.65. The van der Waals surface area contributed by atoms with Gasteiger partial charge in [-0.15, -0.1) is 0 Å². The summed E-state index contributed by atoms with van der Waals surface area (Å²) in [7, 11) is 0. The topological polar surface area (TPSA) is 26.3 Å². The molecule has 0 amide bonds. The first-order chi connectivity index (χ1) is 6.88. The average molecular weight is 196 g/mol. The number of carbonyl (C=O) groups excluding carboxylic acids is 1. The molecular weight excluding hydrogens is 176 g/mol. The first kappa shape index (κ1) is 10.2. The van der Waals surface area contributed by atoms with Crippen LogP contribution in [0.5, 0.6) is 0 Å². The van der Waals surface area contributed by atoms with Gasteiger partial charge in [-0.3, -0.25) is 4.79 Å². The van der Waals surface area contributed by atoms with Gasteiger partial charge < -0.3 is 4.74 Å². The quantitative estimate of drug-likeness (QED) is 0.634. The summed E-state index contributed by atoms with van der Waals surface area (Å²) in [6, 6.07) is 0. The van der Waals surface area contributed by atoms with Crippen LogP contribution >= 0.6 is 0 Å². The molecule has 1 aliphatic carbocycles. The van der Waals surface area contributed by atoms with Crippen LogP contribution in [0.2, 0.25) is 0 Å². The molecule has 0 aromatic heterocycles. The maximum atomic E-state index is 12.1. The number of ether oxygens (including phenoxy) is 1. The molecule has 0 aromatic carbocycles. The molecule has 1 saturated carbocycles. The van der Waals surface area contributed by atoms with E-state index in [-0.39, 0.29) is 5.92 Å². The minimum absolute atomic E-state index is 0.234. The fourth-order valence-corrected chi connectivity index (χ4v) is 2.66. The Balaban J connectivity index is 1.88. The summed E-state index contributed by atoms with van der Waals surface area (Å²) in [6.07, 6.45) is 8.39. The highest BCUT2D eigenvalue weighted by Crippen LogP contribution is 2.28. The standard InChI is InChI=1S/C12H20O2/c13-12(11-7-8-14-9-11)10-5-3-1-2-4-6-10/h10-11H,1-9H2. The van der Waals surface area contributed by atoms with Crippen molar-refractivity contribution in [2.24, 2.45) is 11.8 Å². The predicted molar refractivity (Wildman–Crippen MR) is 55.1 cm³/mol. The molecule has 1 atom stereocenters. The van der Waals surface area contributed by atoms with Crippen molar-refractivity contribution in [2.45, 2.75) is 44.9 Å². The summed E-state index contributed by atoms with van der Waals surface area (Å²) in [6.45, 7) is 1.48. The summed E-state index contributed by atoms with van der Waals surface area (Å²) in [5.41, 5.74) is 0. The first-order valence-electron chi connectivity index (χ1n) is 5.99. The number of Topliss-reactive ketones (excluding diaryl/α,β-unsaturated/α-hetero) is 1. The van der Waals surface area contributed by atoms with Crippen LogP contribution in [0.1, 0.15) is 44.9 Å². The number of hydrogen-bond donors (Lipinski definition) is 0. The van der Waals surface area contributed by atoms with E-state index in [1.54, 1.807) is 0 Å². The van der Waals surface area contributed by atoms with Gasteiger partial charge in [0, 0.05) is 18.4 Å². The molecule has 2 heteroatoms. The molecule has 0 radical (unpaired) electrons. The summed E-state index contributed by atoms with van der Waals surface area (Å²) in [4.78, 5) is 12.1. The van der Waals surface area contributed by atoms with Gasteiger partial charge in [-0.25, -0.2) is 0 Å². The van der Waals surface area contributed by atoms with Crippen LogP contribution in [0.25, 0.3) is 0 Å². The van der Waals surface area contributed by atoms with Gasteiger partial charge in [-0.2, -0.15) is 0 Å². The van der Waals surface area contributed by atoms with Crippen molar-refractivity contribution in [1.82, 2.24) is 0 Å². The van der Waals surface area contributed by atoms with E-state index in [1.807, 2.05) is 0 Å². The van der Waals surface area contributed by atoms with Crippen molar-refractivity contribution in [3.05, 3.63) is 0 Å². The van der Waals surface area contributed by atoms with Gasteiger partial charge in [-0.05, 0) is 19.3 Å². The van der Waals surface area contributed by atoms with E-state index in [2.05, 4.69) is 0 Å². The Labute approximate surface area is 86.0 Å². The number of rotatable bonds is 2. The lowest BCUT2D eigenvalue weighted by Gasteiger charge is -2.16. The van der Waals surface area contributed by atoms with Gasteiger partial charge >= 0.3 is 0 Å². The van der Waals surface area contributed by atoms with Crippen LogP contribution < -0.4 is 0 Å². The van der Waals surface area contributed by atoms with Gasteiger partial charge in [0.05, 0.1) is 6.61 Å². The maximum Gasteiger partial charge on any atom is 0.141 e. The molecule has 1 aliphatic heterocycles. The van der Waals surface area contributed by atoms with Crippen molar-refractivity contribution >= 4 is 5.78 Å². The third kappa shape index (κ3) is 2.35. The molecule has 0 spiro atoms. The lowest BCUT2D eigenvalue weighted by molar-refractivity contribution is -0.127. The molecule has 0 bridgehead atoms. The Bertz CT molecular complexity index is 186. The molecule has 1 saturated heterocycles. The van der Waals surface area contributed by atoms with E-state index < -0.39 is 0 Å². The van der Waals surface area contributed by atoms with Gasteiger partial charge in [0.25, 0.3) is 0 Å². The Hall–Kier alpha value is -0.370. The monoisotopic (exact) mass is 196 g/mol. The summed E-state index contributed by atoms with van der Waals surface area (Å²) in [5, 5.41) is 0. The summed E-state index contributed by atoms with van der Waals surface area (Å²) < 4.78 is 5.28. The van der Waals surface area contributed by atoms with Gasteiger partial charge in [-0.1, -0.05) is 25.7 Å². The molecular formula is C12H20O2. The van der Waals surface area contributed by atoms with Crippen molar-refractivity contribution < 1.29 is 9.53 Å². The Morgan fingerprint density at radius 3 is 2.21 bits per heavy atom. The Morgan fingerprint density at radius 1 is 0.929 bits per heavy atom. The lowest BCUT2D eigenvalue weighted by Crippen LogP contribution is -2.23. The molecule has 14 heavy (non-hydrogen) atoms. The smallest absolute Gasteiger partial charge is 0.141 e. The Kier molecular flexibility index (Phi) is 3.57. The minimum atomic E-state index is 0.234. The Morgan fingerprint density at radius 2 is 1.64 bits per heavy atom. The van der Waals surface area contributed by atoms with Crippen LogP contribution in [0.15, 0.2) is 0 Å².